The molecule has 0 saturated carbocycles. The van der Waals surface area contributed by atoms with Gasteiger partial charge in [0.2, 0.25) is 5.88 Å². The van der Waals surface area contributed by atoms with Crippen LogP contribution < -0.4 is 4.74 Å². The first-order chi connectivity index (χ1) is 9.89. The first kappa shape index (κ1) is 16.1. The van der Waals surface area contributed by atoms with E-state index in [9.17, 15) is 8.42 Å². The Morgan fingerprint density at radius 2 is 1.95 bits per heavy atom. The molecule has 21 heavy (non-hydrogen) atoms. The van der Waals surface area contributed by atoms with Gasteiger partial charge < -0.3 is 4.74 Å². The Morgan fingerprint density at radius 3 is 2.48 bits per heavy atom. The number of nitrogens with zero attached hydrogens (tertiary/aromatic N) is 4. The predicted molar refractivity (Wildman–Crippen MR) is 79.2 cm³/mol. The summed E-state index contributed by atoms with van der Waals surface area (Å²) in [6.07, 6.45) is 1.60. The molecule has 0 amide bonds. The van der Waals surface area contributed by atoms with Crippen molar-refractivity contribution in [2.24, 2.45) is 5.92 Å². The minimum atomic E-state index is -3.29. The Balaban J connectivity index is 1.81. The van der Waals surface area contributed by atoms with E-state index in [2.05, 4.69) is 10.2 Å². The molecule has 0 unspecified atom stereocenters. The second-order valence-corrected chi connectivity index (χ2v) is 7.60. The van der Waals surface area contributed by atoms with Gasteiger partial charge in [0.1, 0.15) is 0 Å². The summed E-state index contributed by atoms with van der Waals surface area (Å²) in [7, 11) is -0.179. The molecule has 1 aliphatic rings. The zero-order valence-electron chi connectivity index (χ0n) is 12.7. The highest BCUT2D eigenvalue weighted by molar-refractivity contribution is 7.86. The highest BCUT2D eigenvalue weighted by atomic mass is 32.2. The van der Waals surface area contributed by atoms with Crippen LogP contribution in [0.3, 0.4) is 0 Å². The monoisotopic (exact) mass is 314 g/mol. The van der Waals surface area contributed by atoms with Crippen molar-refractivity contribution in [3.8, 4) is 5.88 Å². The first-order valence-corrected chi connectivity index (χ1v) is 8.40. The average Bonchev–Trinajstić information content (AvgIpc) is 2.47. The molecule has 7 nitrogen and oxygen atoms in total. The van der Waals surface area contributed by atoms with E-state index in [1.807, 2.05) is 13.0 Å². The van der Waals surface area contributed by atoms with Crippen molar-refractivity contribution in [3.63, 3.8) is 0 Å². The van der Waals surface area contributed by atoms with Crippen molar-refractivity contribution >= 4 is 10.2 Å². The third-order valence-electron chi connectivity index (χ3n) is 3.60. The van der Waals surface area contributed by atoms with Gasteiger partial charge in [0.15, 0.2) is 0 Å². The Kier molecular flexibility index (Phi) is 5.13. The van der Waals surface area contributed by atoms with Crippen LogP contribution in [0.1, 0.15) is 18.5 Å². The van der Waals surface area contributed by atoms with E-state index in [0.717, 1.165) is 18.5 Å². The van der Waals surface area contributed by atoms with E-state index in [0.29, 0.717) is 31.5 Å². The summed E-state index contributed by atoms with van der Waals surface area (Å²) >= 11 is 0. The van der Waals surface area contributed by atoms with Gasteiger partial charge in [-0.2, -0.15) is 22.1 Å². The number of aryl methyl sites for hydroxylation is 1. The fourth-order valence-corrected chi connectivity index (χ4v) is 3.34. The minimum Gasteiger partial charge on any atom is -0.476 e. The highest BCUT2D eigenvalue weighted by Gasteiger charge is 2.29. The third-order valence-corrected chi connectivity index (χ3v) is 5.54. The lowest BCUT2D eigenvalue weighted by atomic mass is 9.99. The van der Waals surface area contributed by atoms with Gasteiger partial charge in [0, 0.05) is 33.3 Å². The van der Waals surface area contributed by atoms with Crippen molar-refractivity contribution in [1.82, 2.24) is 18.8 Å². The molecule has 1 aliphatic heterocycles. The molecule has 0 aromatic carbocycles. The van der Waals surface area contributed by atoms with Crippen molar-refractivity contribution < 1.29 is 13.2 Å². The second kappa shape index (κ2) is 6.67. The van der Waals surface area contributed by atoms with Gasteiger partial charge in [-0.05, 0) is 31.7 Å². The predicted octanol–water partition coefficient (Wildman–Crippen LogP) is 0.682. The van der Waals surface area contributed by atoms with Crippen LogP contribution in [-0.2, 0) is 10.2 Å². The van der Waals surface area contributed by atoms with Crippen LogP contribution in [0.25, 0.3) is 0 Å². The number of piperidine rings is 1. The molecule has 0 spiro atoms. The minimum absolute atomic E-state index is 0.349. The van der Waals surface area contributed by atoms with Gasteiger partial charge in [-0.15, -0.1) is 5.10 Å². The lowest BCUT2D eigenvalue weighted by Crippen LogP contribution is -2.45. The highest BCUT2D eigenvalue weighted by Crippen LogP contribution is 2.21. The summed E-state index contributed by atoms with van der Waals surface area (Å²) < 4.78 is 32.4. The molecule has 0 N–H and O–H groups in total. The largest absolute Gasteiger partial charge is 0.476 e. The van der Waals surface area contributed by atoms with Crippen LogP contribution in [0.15, 0.2) is 12.1 Å². The molecule has 0 bridgehead atoms. The van der Waals surface area contributed by atoms with Gasteiger partial charge in [-0.1, -0.05) is 0 Å². The van der Waals surface area contributed by atoms with Gasteiger partial charge in [-0.3, -0.25) is 0 Å². The van der Waals surface area contributed by atoms with E-state index in [1.54, 1.807) is 20.2 Å². The zero-order chi connectivity index (χ0) is 15.5. The maximum Gasteiger partial charge on any atom is 0.281 e. The smallest absolute Gasteiger partial charge is 0.281 e. The summed E-state index contributed by atoms with van der Waals surface area (Å²) in [5, 5.41) is 7.89. The maximum absolute atomic E-state index is 12.0. The van der Waals surface area contributed by atoms with Crippen molar-refractivity contribution in [2.75, 3.05) is 33.8 Å². The molecule has 1 saturated heterocycles. The fraction of sp³-hybridized carbons (Fsp3) is 0.692. The number of hydrogen-bond acceptors (Lipinski definition) is 5. The van der Waals surface area contributed by atoms with Crippen LogP contribution >= 0.6 is 0 Å². The first-order valence-electron chi connectivity index (χ1n) is 7.00. The van der Waals surface area contributed by atoms with Gasteiger partial charge in [-0.25, -0.2) is 0 Å². The number of ether oxygens (including phenoxy) is 1. The molecule has 0 aliphatic carbocycles. The average molecular weight is 314 g/mol. The van der Waals surface area contributed by atoms with E-state index in [4.69, 9.17) is 4.74 Å². The quantitative estimate of drug-likeness (QED) is 0.799. The van der Waals surface area contributed by atoms with Crippen LogP contribution in [-0.4, -0.2) is 61.0 Å². The van der Waals surface area contributed by atoms with Crippen LogP contribution in [0.2, 0.25) is 0 Å². The molecule has 1 aromatic rings. The normalized spacial score (nSPS) is 18.1. The molecule has 2 rings (SSSR count). The van der Waals surface area contributed by atoms with Crippen LogP contribution in [0.5, 0.6) is 5.88 Å². The number of rotatable bonds is 5. The summed E-state index contributed by atoms with van der Waals surface area (Å²) in [4.78, 5) is 0. The molecule has 0 radical (unpaired) electrons. The Bertz CT molecular complexity index is 551. The summed E-state index contributed by atoms with van der Waals surface area (Å²) in [5.74, 6) is 0.866. The summed E-state index contributed by atoms with van der Waals surface area (Å²) in [5.41, 5.74) is 0.851. The molecular formula is C13H22N4O3S. The molecule has 1 fully saturated rings. The second-order valence-electron chi connectivity index (χ2n) is 5.46. The Labute approximate surface area is 126 Å². The lowest BCUT2D eigenvalue weighted by molar-refractivity contribution is 0.177. The van der Waals surface area contributed by atoms with E-state index in [1.165, 1.54) is 8.61 Å². The summed E-state index contributed by atoms with van der Waals surface area (Å²) in [6, 6.07) is 3.66. The standard InChI is InChI=1S/C13H22N4O3S/c1-11-4-5-13(15-14-11)20-10-12-6-8-17(9-7-12)21(18,19)16(2)3/h4-5,12H,6-10H2,1-3H3. The van der Waals surface area contributed by atoms with E-state index in [-0.39, 0.29) is 0 Å². The van der Waals surface area contributed by atoms with E-state index >= 15 is 0 Å². The molecule has 1 aromatic heterocycles. The van der Waals surface area contributed by atoms with Crippen LogP contribution in [0.4, 0.5) is 0 Å². The SMILES string of the molecule is Cc1ccc(OCC2CCN(S(=O)(=O)N(C)C)CC2)nn1. The molecule has 118 valence electrons. The molecule has 0 atom stereocenters. The van der Waals surface area contributed by atoms with Crippen molar-refractivity contribution in [3.05, 3.63) is 17.8 Å². The van der Waals surface area contributed by atoms with Gasteiger partial charge in [0.25, 0.3) is 10.2 Å². The summed E-state index contributed by atoms with van der Waals surface area (Å²) in [6.45, 7) is 3.49. The van der Waals surface area contributed by atoms with Crippen molar-refractivity contribution in [1.29, 1.82) is 0 Å². The molecular weight excluding hydrogens is 292 g/mol. The van der Waals surface area contributed by atoms with Crippen molar-refractivity contribution in [2.45, 2.75) is 19.8 Å². The fourth-order valence-electron chi connectivity index (χ4n) is 2.20. The molecule has 2 heterocycles. The zero-order valence-corrected chi connectivity index (χ0v) is 13.5. The lowest BCUT2D eigenvalue weighted by Gasteiger charge is -2.32. The Hall–Kier alpha value is -1.25. The number of aromatic nitrogens is 2. The van der Waals surface area contributed by atoms with Crippen LogP contribution in [0, 0.1) is 12.8 Å². The molecule has 8 heteroatoms. The van der Waals surface area contributed by atoms with Gasteiger partial charge in [0.05, 0.1) is 12.3 Å². The number of hydrogen-bond donors (Lipinski definition) is 0. The third kappa shape index (κ3) is 4.12. The Morgan fingerprint density at radius 1 is 1.29 bits per heavy atom. The maximum atomic E-state index is 12.0. The van der Waals surface area contributed by atoms with E-state index < -0.39 is 10.2 Å². The van der Waals surface area contributed by atoms with Gasteiger partial charge >= 0.3 is 0 Å². The topological polar surface area (TPSA) is 75.6 Å².